The fraction of sp³-hybridized carbons (Fsp3) is 0.818. The first-order valence-electron chi connectivity index (χ1n) is 5.76. The fourth-order valence-corrected chi connectivity index (χ4v) is 1.86. The van der Waals surface area contributed by atoms with Crippen LogP contribution in [0.4, 0.5) is 4.79 Å². The quantitative estimate of drug-likeness (QED) is 0.759. The molecule has 0 bridgehead atoms. The topological polar surface area (TPSA) is 78.9 Å². The summed E-state index contributed by atoms with van der Waals surface area (Å²) in [6.45, 7) is 4.68. The SMILES string of the molecule is COC1CN(C(=O)N[C@@H](C)C(=O)O)CCC1C. The zero-order valence-corrected chi connectivity index (χ0v) is 10.5. The zero-order chi connectivity index (χ0) is 13.0. The van der Waals surface area contributed by atoms with E-state index in [1.165, 1.54) is 6.92 Å². The van der Waals surface area contributed by atoms with E-state index in [9.17, 15) is 9.59 Å². The second-order valence-electron chi connectivity index (χ2n) is 4.50. The number of aliphatic carboxylic acids is 1. The first-order valence-corrected chi connectivity index (χ1v) is 5.76. The number of nitrogens with one attached hydrogen (secondary N) is 1. The summed E-state index contributed by atoms with van der Waals surface area (Å²) >= 11 is 0. The molecular formula is C11H20N2O4. The minimum absolute atomic E-state index is 0.0228. The lowest BCUT2D eigenvalue weighted by Gasteiger charge is -2.36. The van der Waals surface area contributed by atoms with Crippen LogP contribution in [0.5, 0.6) is 0 Å². The molecule has 0 saturated carbocycles. The predicted molar refractivity (Wildman–Crippen MR) is 61.8 cm³/mol. The molecule has 17 heavy (non-hydrogen) atoms. The Morgan fingerprint density at radius 3 is 2.71 bits per heavy atom. The molecule has 2 unspecified atom stereocenters. The number of amides is 2. The summed E-state index contributed by atoms with van der Waals surface area (Å²) in [7, 11) is 1.63. The summed E-state index contributed by atoms with van der Waals surface area (Å²) < 4.78 is 5.30. The number of nitrogens with zero attached hydrogens (tertiary/aromatic N) is 1. The van der Waals surface area contributed by atoms with Crippen LogP contribution in [0.25, 0.3) is 0 Å². The van der Waals surface area contributed by atoms with Gasteiger partial charge < -0.3 is 20.1 Å². The van der Waals surface area contributed by atoms with Crippen molar-refractivity contribution in [3.63, 3.8) is 0 Å². The third-order valence-corrected chi connectivity index (χ3v) is 3.19. The molecule has 0 aromatic rings. The average molecular weight is 244 g/mol. The van der Waals surface area contributed by atoms with Crippen molar-refractivity contribution in [2.75, 3.05) is 20.2 Å². The number of hydrogen-bond acceptors (Lipinski definition) is 3. The molecule has 0 radical (unpaired) electrons. The number of urea groups is 1. The van der Waals surface area contributed by atoms with Gasteiger partial charge in [-0.25, -0.2) is 4.79 Å². The molecule has 1 rings (SSSR count). The third kappa shape index (κ3) is 3.59. The van der Waals surface area contributed by atoms with E-state index in [1.54, 1.807) is 12.0 Å². The number of methoxy groups -OCH3 is 1. The Morgan fingerprint density at radius 2 is 2.18 bits per heavy atom. The molecule has 6 heteroatoms. The summed E-state index contributed by atoms with van der Waals surface area (Å²) in [6.07, 6.45) is 0.891. The lowest BCUT2D eigenvalue weighted by Crippen LogP contribution is -2.53. The number of carboxylic acids is 1. The third-order valence-electron chi connectivity index (χ3n) is 3.19. The number of piperidine rings is 1. The minimum Gasteiger partial charge on any atom is -0.480 e. The molecule has 0 aromatic carbocycles. The normalized spacial score (nSPS) is 26.4. The lowest BCUT2D eigenvalue weighted by atomic mass is 9.96. The van der Waals surface area contributed by atoms with E-state index >= 15 is 0 Å². The maximum absolute atomic E-state index is 11.8. The molecule has 1 heterocycles. The van der Waals surface area contributed by atoms with Crippen molar-refractivity contribution in [3.05, 3.63) is 0 Å². The van der Waals surface area contributed by atoms with Crippen molar-refractivity contribution >= 4 is 12.0 Å². The van der Waals surface area contributed by atoms with Gasteiger partial charge in [0.05, 0.1) is 6.10 Å². The van der Waals surface area contributed by atoms with Crippen molar-refractivity contribution in [3.8, 4) is 0 Å². The van der Waals surface area contributed by atoms with Gasteiger partial charge in [0.1, 0.15) is 6.04 Å². The van der Waals surface area contributed by atoms with Gasteiger partial charge >= 0.3 is 12.0 Å². The van der Waals surface area contributed by atoms with Crippen LogP contribution in [0.2, 0.25) is 0 Å². The first-order chi connectivity index (χ1) is 7.95. The second kappa shape index (κ2) is 5.86. The Hall–Kier alpha value is -1.30. The van der Waals surface area contributed by atoms with Crippen molar-refractivity contribution in [1.82, 2.24) is 10.2 Å². The van der Waals surface area contributed by atoms with Gasteiger partial charge in [0, 0.05) is 20.2 Å². The highest BCUT2D eigenvalue weighted by molar-refractivity contribution is 5.82. The van der Waals surface area contributed by atoms with Gasteiger partial charge in [0.15, 0.2) is 0 Å². The van der Waals surface area contributed by atoms with Gasteiger partial charge in [0.2, 0.25) is 0 Å². The van der Waals surface area contributed by atoms with Gasteiger partial charge in [-0.2, -0.15) is 0 Å². The molecule has 2 N–H and O–H groups in total. The molecule has 1 saturated heterocycles. The second-order valence-corrected chi connectivity index (χ2v) is 4.50. The van der Waals surface area contributed by atoms with E-state index in [0.29, 0.717) is 19.0 Å². The molecule has 1 aliphatic rings. The zero-order valence-electron chi connectivity index (χ0n) is 10.5. The Labute approximate surface area is 101 Å². The van der Waals surface area contributed by atoms with E-state index < -0.39 is 12.0 Å². The molecule has 0 spiro atoms. The molecule has 2 amide bonds. The Balaban J connectivity index is 2.50. The minimum atomic E-state index is -1.04. The van der Waals surface area contributed by atoms with E-state index in [1.807, 2.05) is 0 Å². The van der Waals surface area contributed by atoms with E-state index in [2.05, 4.69) is 12.2 Å². The van der Waals surface area contributed by atoms with E-state index in [4.69, 9.17) is 9.84 Å². The van der Waals surface area contributed by atoms with E-state index in [-0.39, 0.29) is 12.1 Å². The van der Waals surface area contributed by atoms with Crippen molar-refractivity contribution in [2.45, 2.75) is 32.4 Å². The Kier molecular flexibility index (Phi) is 4.74. The van der Waals surface area contributed by atoms with Crippen LogP contribution in [-0.4, -0.2) is 54.4 Å². The molecule has 6 nitrogen and oxygen atoms in total. The van der Waals surface area contributed by atoms with Gasteiger partial charge in [0.25, 0.3) is 0 Å². The van der Waals surface area contributed by atoms with Crippen LogP contribution < -0.4 is 5.32 Å². The Morgan fingerprint density at radius 1 is 1.53 bits per heavy atom. The number of carboxylic acid groups (broad SMARTS) is 1. The highest BCUT2D eigenvalue weighted by Gasteiger charge is 2.29. The molecular weight excluding hydrogens is 224 g/mol. The predicted octanol–water partition coefficient (Wildman–Crippen LogP) is 0.526. The highest BCUT2D eigenvalue weighted by Crippen LogP contribution is 2.19. The lowest BCUT2D eigenvalue weighted by molar-refractivity contribution is -0.138. The summed E-state index contributed by atoms with van der Waals surface area (Å²) in [4.78, 5) is 24.0. The fourth-order valence-electron chi connectivity index (χ4n) is 1.86. The number of likely N-dealkylation sites (tertiary alicyclic amines) is 1. The summed E-state index contributed by atoms with van der Waals surface area (Å²) in [6, 6.07) is -1.21. The van der Waals surface area contributed by atoms with Gasteiger partial charge in [-0.3, -0.25) is 4.79 Å². The number of hydrogen-bond donors (Lipinski definition) is 2. The van der Waals surface area contributed by atoms with Crippen LogP contribution in [0.1, 0.15) is 20.3 Å². The van der Waals surface area contributed by atoms with Crippen molar-refractivity contribution in [1.29, 1.82) is 0 Å². The number of rotatable bonds is 3. The number of carbonyl (C=O) groups is 2. The maximum atomic E-state index is 11.8. The molecule has 3 atom stereocenters. The summed E-state index contributed by atoms with van der Waals surface area (Å²) in [5.74, 6) is -0.618. The van der Waals surface area contributed by atoms with Crippen molar-refractivity contribution in [2.24, 2.45) is 5.92 Å². The Bertz CT molecular complexity index is 295. The number of carbonyl (C=O) groups excluding carboxylic acids is 1. The maximum Gasteiger partial charge on any atom is 0.325 e. The van der Waals surface area contributed by atoms with Gasteiger partial charge in [-0.15, -0.1) is 0 Å². The molecule has 0 aromatic heterocycles. The number of ether oxygens (including phenoxy) is 1. The average Bonchev–Trinajstić information content (AvgIpc) is 2.29. The van der Waals surface area contributed by atoms with Gasteiger partial charge in [-0.1, -0.05) is 6.92 Å². The van der Waals surface area contributed by atoms with Crippen LogP contribution in [0.15, 0.2) is 0 Å². The van der Waals surface area contributed by atoms with Gasteiger partial charge in [-0.05, 0) is 19.3 Å². The molecule has 98 valence electrons. The summed E-state index contributed by atoms with van der Waals surface area (Å²) in [5, 5.41) is 11.2. The van der Waals surface area contributed by atoms with E-state index in [0.717, 1.165) is 6.42 Å². The smallest absolute Gasteiger partial charge is 0.325 e. The van der Waals surface area contributed by atoms with Crippen LogP contribution in [-0.2, 0) is 9.53 Å². The molecule has 1 fully saturated rings. The van der Waals surface area contributed by atoms with Crippen LogP contribution in [0, 0.1) is 5.92 Å². The molecule has 0 aliphatic carbocycles. The highest BCUT2D eigenvalue weighted by atomic mass is 16.5. The largest absolute Gasteiger partial charge is 0.480 e. The first kappa shape index (κ1) is 13.8. The monoisotopic (exact) mass is 244 g/mol. The summed E-state index contributed by atoms with van der Waals surface area (Å²) in [5.41, 5.74) is 0. The van der Waals surface area contributed by atoms with Crippen molar-refractivity contribution < 1.29 is 19.4 Å². The van der Waals surface area contributed by atoms with Crippen LogP contribution in [0.3, 0.4) is 0 Å². The molecule has 1 aliphatic heterocycles. The van der Waals surface area contributed by atoms with Crippen LogP contribution >= 0.6 is 0 Å². The standard InChI is InChI=1S/C11H20N2O4/c1-7-4-5-13(6-9(7)17-3)11(16)12-8(2)10(14)15/h7-9H,4-6H2,1-3H3,(H,12,16)(H,14,15)/t7?,8-,9?/m0/s1.